The Morgan fingerprint density at radius 2 is 1.44 bits per heavy atom. The van der Waals surface area contributed by atoms with Gasteiger partial charge in [-0.25, -0.2) is 18.8 Å². The topological polar surface area (TPSA) is 48.9 Å². The number of hydrogen-bond donors (Lipinski definition) is 0. The van der Waals surface area contributed by atoms with E-state index in [9.17, 15) is 18.4 Å². The van der Waals surface area contributed by atoms with E-state index in [-0.39, 0.29) is 10.4 Å². The number of allylic oxidation sites excluding steroid dienone is 2. The van der Waals surface area contributed by atoms with E-state index in [1.807, 2.05) is 0 Å². The number of rotatable bonds is 2. The molecule has 1 unspecified atom stereocenters. The Hall–Kier alpha value is -3.22. The molecule has 0 saturated carbocycles. The molecule has 0 fully saturated rings. The fourth-order valence-corrected chi connectivity index (χ4v) is 3.03. The third kappa shape index (κ3) is 2.27. The van der Waals surface area contributed by atoms with Crippen molar-refractivity contribution >= 4 is 0 Å². The average molecular weight is 341 g/mol. The van der Waals surface area contributed by atoms with Crippen LogP contribution in [-0.4, -0.2) is 13.9 Å². The van der Waals surface area contributed by atoms with Crippen LogP contribution in [0.2, 0.25) is 0 Å². The van der Waals surface area contributed by atoms with Crippen molar-refractivity contribution in [2.75, 3.05) is 0 Å². The zero-order valence-corrected chi connectivity index (χ0v) is 12.9. The van der Waals surface area contributed by atoms with Crippen LogP contribution in [0.25, 0.3) is 5.69 Å². The lowest BCUT2D eigenvalue weighted by molar-refractivity contribution is -0.0619. The number of nitrogens with zero attached hydrogens (tertiary/aromatic N) is 3. The number of hydrogen-bond acceptors (Lipinski definition) is 2. The van der Waals surface area contributed by atoms with Gasteiger partial charge < -0.3 is 0 Å². The van der Waals surface area contributed by atoms with Crippen molar-refractivity contribution in [1.82, 2.24) is 13.9 Å². The first-order valence-electron chi connectivity index (χ1n) is 7.65. The van der Waals surface area contributed by atoms with E-state index < -0.39 is 23.5 Å². The van der Waals surface area contributed by atoms with Crippen LogP contribution in [0.15, 0.2) is 82.4 Å². The van der Waals surface area contributed by atoms with Gasteiger partial charge in [-0.1, -0.05) is 54.6 Å². The first-order valence-corrected chi connectivity index (χ1v) is 7.65. The Morgan fingerprint density at radius 3 is 2.08 bits per heavy atom. The summed E-state index contributed by atoms with van der Waals surface area (Å²) in [5.74, 6) is 0. The summed E-state index contributed by atoms with van der Waals surface area (Å²) in [4.78, 5) is 25.5. The van der Waals surface area contributed by atoms with Gasteiger partial charge in [-0.2, -0.15) is 13.5 Å². The van der Waals surface area contributed by atoms with Crippen LogP contribution in [0.1, 0.15) is 11.6 Å². The fraction of sp³-hybridized carbons (Fsp3) is 0.111. The van der Waals surface area contributed by atoms with Gasteiger partial charge in [0.05, 0.1) is 11.7 Å². The summed E-state index contributed by atoms with van der Waals surface area (Å²) in [6.45, 7) is 0. The number of alkyl halides is 2. The first kappa shape index (κ1) is 15.3. The molecule has 0 aliphatic carbocycles. The molecule has 7 heteroatoms. The van der Waals surface area contributed by atoms with Crippen LogP contribution in [0, 0.1) is 0 Å². The highest BCUT2D eigenvalue weighted by Gasteiger charge is 2.41. The van der Waals surface area contributed by atoms with Crippen molar-refractivity contribution in [2.24, 2.45) is 0 Å². The van der Waals surface area contributed by atoms with Gasteiger partial charge in [0.1, 0.15) is 0 Å². The van der Waals surface area contributed by atoms with Crippen LogP contribution in [0.3, 0.4) is 0 Å². The van der Waals surface area contributed by atoms with Gasteiger partial charge in [0.2, 0.25) is 0 Å². The summed E-state index contributed by atoms with van der Waals surface area (Å²) in [6.07, 6.45) is 1.90. The second-order valence-corrected chi connectivity index (χ2v) is 5.69. The van der Waals surface area contributed by atoms with E-state index >= 15 is 0 Å². The van der Waals surface area contributed by atoms with Gasteiger partial charge in [-0.05, 0) is 17.7 Å². The maximum absolute atomic E-state index is 14.4. The monoisotopic (exact) mass is 341 g/mol. The Balaban J connectivity index is 2.03. The summed E-state index contributed by atoms with van der Waals surface area (Å²) in [7, 11) is 0. The van der Waals surface area contributed by atoms with E-state index in [0.717, 1.165) is 9.25 Å². The largest absolute Gasteiger partial charge is 0.366 e. The molecule has 126 valence electrons. The van der Waals surface area contributed by atoms with E-state index in [1.54, 1.807) is 48.5 Å². The number of para-hydroxylation sites is 1. The van der Waals surface area contributed by atoms with Gasteiger partial charge >= 0.3 is 17.4 Å². The minimum atomic E-state index is -3.58. The van der Waals surface area contributed by atoms with Crippen molar-refractivity contribution in [3.05, 3.63) is 99.3 Å². The van der Waals surface area contributed by atoms with Crippen molar-refractivity contribution in [3.8, 4) is 5.69 Å². The van der Waals surface area contributed by atoms with Crippen molar-refractivity contribution in [1.29, 1.82) is 0 Å². The lowest BCUT2D eigenvalue weighted by Gasteiger charge is -2.26. The highest BCUT2D eigenvalue weighted by Crippen LogP contribution is 2.30. The quantitative estimate of drug-likeness (QED) is 0.673. The minimum absolute atomic E-state index is 0.222. The Kier molecular flexibility index (Phi) is 3.31. The van der Waals surface area contributed by atoms with Gasteiger partial charge in [0.25, 0.3) is 0 Å². The highest BCUT2D eigenvalue weighted by molar-refractivity contribution is 5.32. The van der Waals surface area contributed by atoms with Crippen LogP contribution in [-0.2, 0) is 6.05 Å². The summed E-state index contributed by atoms with van der Waals surface area (Å²) in [6, 6.07) is 12.4. The smallest absolute Gasteiger partial charge is 0.245 e. The van der Waals surface area contributed by atoms with Crippen LogP contribution < -0.4 is 11.4 Å². The average Bonchev–Trinajstić information content (AvgIpc) is 2.89. The normalized spacial score (nSPS) is 18.1. The molecule has 0 bridgehead atoms. The van der Waals surface area contributed by atoms with Crippen molar-refractivity contribution < 1.29 is 8.78 Å². The molecule has 1 atom stereocenters. The molecular weight excluding hydrogens is 328 g/mol. The molecule has 0 N–H and O–H groups in total. The van der Waals surface area contributed by atoms with Gasteiger partial charge in [-0.3, -0.25) is 0 Å². The van der Waals surface area contributed by atoms with E-state index in [2.05, 4.69) is 0 Å². The summed E-state index contributed by atoms with van der Waals surface area (Å²) in [5, 5.41) is 0. The zero-order valence-electron chi connectivity index (χ0n) is 12.9. The molecule has 0 saturated heterocycles. The second-order valence-electron chi connectivity index (χ2n) is 5.69. The SMILES string of the molecule is O=c1n(-c2ccccc2)c(=O)n2n1C(c1ccccc1)C=CC2(F)F. The summed E-state index contributed by atoms with van der Waals surface area (Å²) < 4.78 is 30.5. The fourth-order valence-electron chi connectivity index (χ4n) is 3.03. The van der Waals surface area contributed by atoms with Crippen molar-refractivity contribution in [2.45, 2.75) is 12.1 Å². The van der Waals surface area contributed by atoms with Crippen LogP contribution in [0.5, 0.6) is 0 Å². The highest BCUT2D eigenvalue weighted by atomic mass is 19.3. The number of benzene rings is 2. The molecular formula is C18H13F2N3O2. The predicted molar refractivity (Wildman–Crippen MR) is 88.2 cm³/mol. The molecule has 1 aromatic heterocycles. The predicted octanol–water partition coefficient (Wildman–Crippen LogP) is 2.51. The van der Waals surface area contributed by atoms with E-state index in [0.29, 0.717) is 11.6 Å². The number of aromatic nitrogens is 3. The molecule has 0 amide bonds. The lowest BCUT2D eigenvalue weighted by Crippen LogP contribution is -2.42. The zero-order chi connectivity index (χ0) is 17.6. The maximum atomic E-state index is 14.4. The molecule has 1 aliphatic rings. The molecule has 0 spiro atoms. The Bertz CT molecular complexity index is 1060. The second kappa shape index (κ2) is 5.41. The Labute approximate surface area is 140 Å². The molecule has 2 aromatic carbocycles. The van der Waals surface area contributed by atoms with E-state index in [4.69, 9.17) is 0 Å². The first-order chi connectivity index (χ1) is 12.0. The van der Waals surface area contributed by atoms with Crippen LogP contribution in [0.4, 0.5) is 8.78 Å². The maximum Gasteiger partial charge on any atom is 0.366 e. The molecule has 2 heterocycles. The van der Waals surface area contributed by atoms with Crippen LogP contribution >= 0.6 is 0 Å². The van der Waals surface area contributed by atoms with Gasteiger partial charge in [0, 0.05) is 6.08 Å². The number of fused-ring (bicyclic) bond motifs is 1. The van der Waals surface area contributed by atoms with E-state index in [1.165, 1.54) is 18.2 Å². The molecule has 5 nitrogen and oxygen atoms in total. The molecule has 4 rings (SSSR count). The minimum Gasteiger partial charge on any atom is -0.245 e. The van der Waals surface area contributed by atoms with Gasteiger partial charge in [0.15, 0.2) is 0 Å². The third-order valence-electron chi connectivity index (χ3n) is 4.16. The molecule has 1 aliphatic heterocycles. The molecule has 25 heavy (non-hydrogen) atoms. The summed E-state index contributed by atoms with van der Waals surface area (Å²) >= 11 is 0. The Morgan fingerprint density at radius 1 is 0.840 bits per heavy atom. The standard InChI is InChI=1S/C18H13F2N3O2/c19-18(20)12-11-15(13-7-3-1-4-8-13)22-16(24)21(17(25)23(18)22)14-9-5-2-6-10-14/h1-12,15H. The van der Waals surface area contributed by atoms with Crippen molar-refractivity contribution in [3.63, 3.8) is 0 Å². The lowest BCUT2D eigenvalue weighted by atomic mass is 10.1. The number of halogens is 2. The molecule has 0 radical (unpaired) electrons. The summed E-state index contributed by atoms with van der Waals surface area (Å²) in [5.41, 5.74) is -1.01. The molecule has 3 aromatic rings. The van der Waals surface area contributed by atoms with Gasteiger partial charge in [-0.15, -0.1) is 0 Å². The third-order valence-corrected chi connectivity index (χ3v) is 4.16.